The van der Waals surface area contributed by atoms with Crippen molar-refractivity contribution in [3.8, 4) is 0 Å². The average Bonchev–Trinajstić information content (AvgIpc) is 3.57. The highest BCUT2D eigenvalue weighted by Crippen LogP contribution is 2.53. The van der Waals surface area contributed by atoms with E-state index >= 15 is 0 Å². The number of benzene rings is 6. The Labute approximate surface area is 300 Å². The first-order valence-electron chi connectivity index (χ1n) is 17.8. The summed E-state index contributed by atoms with van der Waals surface area (Å²) in [5.41, 5.74) is 11.3. The molecule has 1 atom stereocenters. The van der Waals surface area contributed by atoms with Gasteiger partial charge in [-0.25, -0.2) is 0 Å². The van der Waals surface area contributed by atoms with Crippen molar-refractivity contribution in [3.05, 3.63) is 179 Å². The second-order valence-electron chi connectivity index (χ2n) is 13.3. The van der Waals surface area contributed by atoms with Crippen molar-refractivity contribution >= 4 is 66.2 Å². The molecule has 246 valence electrons. The van der Waals surface area contributed by atoms with Crippen LogP contribution in [0.5, 0.6) is 0 Å². The second-order valence-corrected chi connectivity index (χ2v) is 14.3. The Hall–Kier alpha value is -5.38. The number of aryl methyl sites for hydroxylation is 2. The zero-order chi connectivity index (χ0) is 34.0. The van der Waals surface area contributed by atoms with Crippen molar-refractivity contribution in [2.24, 2.45) is 0 Å². The van der Waals surface area contributed by atoms with E-state index in [0.717, 1.165) is 30.6 Å². The molecule has 1 heterocycles. The third kappa shape index (κ3) is 5.93. The molecule has 0 amide bonds. The number of para-hydroxylation sites is 2. The maximum absolute atomic E-state index is 2.57. The summed E-state index contributed by atoms with van der Waals surface area (Å²) in [7, 11) is 0. The van der Waals surface area contributed by atoms with Crippen LogP contribution >= 0.6 is 11.3 Å². The number of fused-ring (bicyclic) bond motifs is 3. The van der Waals surface area contributed by atoms with Gasteiger partial charge in [-0.1, -0.05) is 121 Å². The topological polar surface area (TPSA) is 6.48 Å². The van der Waals surface area contributed by atoms with Gasteiger partial charge in [-0.15, -0.1) is 11.3 Å². The van der Waals surface area contributed by atoms with Crippen LogP contribution in [0.2, 0.25) is 0 Å². The van der Waals surface area contributed by atoms with Crippen LogP contribution in [0.3, 0.4) is 0 Å². The molecule has 0 N–H and O–H groups in total. The molecule has 0 saturated carbocycles. The lowest BCUT2D eigenvalue weighted by Gasteiger charge is -2.34. The molecule has 0 saturated heterocycles. The Balaban J connectivity index is 1.47. The van der Waals surface area contributed by atoms with Crippen LogP contribution in [-0.2, 0) is 0 Å². The number of hydrogen-bond donors (Lipinski definition) is 0. The van der Waals surface area contributed by atoms with Crippen LogP contribution in [0.4, 0.5) is 28.4 Å². The SMILES string of the molecule is CCC(c1sc2c(N(c3ccccc3)c3ccc(C)cc3)cc3ccccc3c2c1C1=CC=CCC1)N(c1ccccc1)c1ccc(C)cc1. The summed E-state index contributed by atoms with van der Waals surface area (Å²) in [5, 5.41) is 3.93. The standard InChI is InChI=1S/C47H42N2S/c1-4-42(48(37-19-10-6-11-20-37)39-28-24-33(2)25-29-39)46-44(35-16-8-5-9-17-35)45-41-23-15-14-18-36(41)32-43(47(45)50-46)49(38-21-12-7-13-22-38)40-30-26-34(3)27-31-40/h5-8,10-16,18-32,42H,4,9,17H2,1-3H3. The van der Waals surface area contributed by atoms with Gasteiger partial charge in [0.15, 0.2) is 0 Å². The molecule has 0 fully saturated rings. The van der Waals surface area contributed by atoms with Crippen molar-refractivity contribution in [1.82, 2.24) is 0 Å². The Kier molecular flexibility index (Phi) is 8.83. The molecular weight excluding hydrogens is 625 g/mol. The van der Waals surface area contributed by atoms with Crippen LogP contribution in [0, 0.1) is 13.8 Å². The molecule has 1 unspecified atom stereocenters. The molecular formula is C47H42N2S. The first kappa shape index (κ1) is 31.9. The summed E-state index contributed by atoms with van der Waals surface area (Å²) in [6.45, 7) is 6.67. The molecule has 0 aliphatic heterocycles. The smallest absolute Gasteiger partial charge is 0.0688 e. The molecule has 6 aromatic carbocycles. The number of thiophene rings is 1. The number of nitrogens with zero attached hydrogens (tertiary/aromatic N) is 2. The number of hydrogen-bond acceptors (Lipinski definition) is 3. The average molecular weight is 667 g/mol. The Morgan fingerprint density at radius 1 is 0.660 bits per heavy atom. The maximum Gasteiger partial charge on any atom is 0.0688 e. The molecule has 1 aliphatic carbocycles. The monoisotopic (exact) mass is 666 g/mol. The van der Waals surface area contributed by atoms with E-state index in [9.17, 15) is 0 Å². The molecule has 1 aliphatic rings. The molecule has 50 heavy (non-hydrogen) atoms. The summed E-state index contributed by atoms with van der Waals surface area (Å²) in [4.78, 5) is 6.45. The largest absolute Gasteiger partial charge is 0.333 e. The van der Waals surface area contributed by atoms with Gasteiger partial charge in [-0.2, -0.15) is 0 Å². The molecule has 2 nitrogen and oxygen atoms in total. The minimum Gasteiger partial charge on any atom is -0.333 e. The Morgan fingerprint density at radius 2 is 1.24 bits per heavy atom. The zero-order valence-electron chi connectivity index (χ0n) is 29.0. The van der Waals surface area contributed by atoms with Gasteiger partial charge in [0.1, 0.15) is 0 Å². The van der Waals surface area contributed by atoms with Crippen LogP contribution in [-0.4, -0.2) is 0 Å². The molecule has 7 aromatic rings. The van der Waals surface area contributed by atoms with E-state index in [1.54, 1.807) is 0 Å². The van der Waals surface area contributed by atoms with Crippen LogP contribution in [0.1, 0.15) is 53.8 Å². The quantitative estimate of drug-likeness (QED) is 0.151. The van der Waals surface area contributed by atoms with Gasteiger partial charge in [0, 0.05) is 38.6 Å². The second kappa shape index (κ2) is 13.9. The lowest BCUT2D eigenvalue weighted by atomic mass is 9.89. The Bertz CT molecular complexity index is 2310. The van der Waals surface area contributed by atoms with Gasteiger partial charge in [0.2, 0.25) is 0 Å². The van der Waals surface area contributed by atoms with Crippen molar-refractivity contribution < 1.29 is 0 Å². The van der Waals surface area contributed by atoms with Gasteiger partial charge in [0.25, 0.3) is 0 Å². The van der Waals surface area contributed by atoms with E-state index in [2.05, 4.69) is 188 Å². The highest BCUT2D eigenvalue weighted by molar-refractivity contribution is 7.20. The summed E-state index contributed by atoms with van der Waals surface area (Å²) in [5.74, 6) is 0. The molecule has 3 heteroatoms. The molecule has 1 aromatic heterocycles. The van der Waals surface area contributed by atoms with Gasteiger partial charge < -0.3 is 9.80 Å². The Morgan fingerprint density at radius 3 is 1.88 bits per heavy atom. The molecule has 0 spiro atoms. The van der Waals surface area contributed by atoms with E-state index in [1.807, 2.05) is 11.3 Å². The molecule has 0 bridgehead atoms. The van der Waals surface area contributed by atoms with Gasteiger partial charge in [-0.3, -0.25) is 0 Å². The van der Waals surface area contributed by atoms with E-state index in [1.165, 1.54) is 65.1 Å². The summed E-state index contributed by atoms with van der Waals surface area (Å²) >= 11 is 1.99. The van der Waals surface area contributed by atoms with Gasteiger partial charge in [-0.05, 0) is 104 Å². The van der Waals surface area contributed by atoms with Crippen molar-refractivity contribution in [3.63, 3.8) is 0 Å². The predicted octanol–water partition coefficient (Wildman–Crippen LogP) is 14.2. The van der Waals surface area contributed by atoms with Crippen LogP contribution in [0.25, 0.3) is 26.4 Å². The van der Waals surface area contributed by atoms with Crippen molar-refractivity contribution in [2.75, 3.05) is 9.80 Å². The zero-order valence-corrected chi connectivity index (χ0v) is 29.8. The highest BCUT2D eigenvalue weighted by atomic mass is 32.1. The van der Waals surface area contributed by atoms with Crippen LogP contribution < -0.4 is 9.80 Å². The fourth-order valence-corrected chi connectivity index (χ4v) is 9.00. The number of allylic oxidation sites excluding steroid dienone is 4. The summed E-state index contributed by atoms with van der Waals surface area (Å²) in [6, 6.07) is 51.4. The van der Waals surface area contributed by atoms with E-state index < -0.39 is 0 Å². The maximum atomic E-state index is 2.57. The lowest BCUT2D eigenvalue weighted by Crippen LogP contribution is -2.23. The van der Waals surface area contributed by atoms with Gasteiger partial charge in [0.05, 0.1) is 16.4 Å². The third-order valence-electron chi connectivity index (χ3n) is 9.92. The minimum atomic E-state index is 0.121. The summed E-state index contributed by atoms with van der Waals surface area (Å²) < 4.78 is 1.32. The molecule has 8 rings (SSSR count). The van der Waals surface area contributed by atoms with E-state index in [4.69, 9.17) is 0 Å². The van der Waals surface area contributed by atoms with Crippen LogP contribution in [0.15, 0.2) is 158 Å². The number of anilines is 5. The fraction of sp³-hybridized carbons (Fsp3) is 0.149. The minimum absolute atomic E-state index is 0.121. The first-order chi connectivity index (χ1) is 24.6. The summed E-state index contributed by atoms with van der Waals surface area (Å²) in [6.07, 6.45) is 9.97. The lowest BCUT2D eigenvalue weighted by molar-refractivity contribution is 0.683. The number of rotatable bonds is 9. The first-order valence-corrected chi connectivity index (χ1v) is 18.6. The third-order valence-corrected chi connectivity index (χ3v) is 11.2. The van der Waals surface area contributed by atoms with E-state index in [0.29, 0.717) is 0 Å². The fourth-order valence-electron chi connectivity index (χ4n) is 7.47. The van der Waals surface area contributed by atoms with Crippen molar-refractivity contribution in [2.45, 2.75) is 46.1 Å². The van der Waals surface area contributed by atoms with Gasteiger partial charge >= 0.3 is 0 Å². The normalized spacial score (nSPS) is 13.4. The van der Waals surface area contributed by atoms with Crippen molar-refractivity contribution in [1.29, 1.82) is 0 Å². The highest BCUT2D eigenvalue weighted by Gasteiger charge is 2.31. The van der Waals surface area contributed by atoms with E-state index in [-0.39, 0.29) is 6.04 Å². The predicted molar refractivity (Wildman–Crippen MR) is 218 cm³/mol. The molecule has 0 radical (unpaired) electrons.